The zero-order valence-electron chi connectivity index (χ0n) is 16.4. The number of fused-ring (bicyclic) bond motifs is 1. The maximum atomic E-state index is 12.9. The number of methoxy groups -OCH3 is 1. The third kappa shape index (κ3) is 2.64. The molecule has 1 saturated heterocycles. The molecule has 0 radical (unpaired) electrons. The SMILES string of the molecule is CCC1(c2ccc3c(=O)c(C(=O)O)cn(C4CC4)c3c2OC)CCCN1CN. The number of pyridine rings is 1. The van der Waals surface area contributed by atoms with Crippen LogP contribution in [0.15, 0.2) is 23.1 Å². The van der Waals surface area contributed by atoms with Crippen LogP contribution < -0.4 is 15.9 Å². The number of aromatic carboxylic acids is 1. The lowest BCUT2D eigenvalue weighted by molar-refractivity contribution is 0.0695. The molecule has 2 heterocycles. The Hall–Kier alpha value is -2.38. The van der Waals surface area contributed by atoms with Crippen LogP contribution in [0.3, 0.4) is 0 Å². The molecular weight excluding hydrogens is 358 g/mol. The summed E-state index contributed by atoms with van der Waals surface area (Å²) in [6.45, 7) is 3.54. The molecule has 1 unspecified atom stereocenters. The van der Waals surface area contributed by atoms with Gasteiger partial charge in [-0.2, -0.15) is 0 Å². The summed E-state index contributed by atoms with van der Waals surface area (Å²) in [4.78, 5) is 26.7. The van der Waals surface area contributed by atoms with E-state index in [1.54, 1.807) is 13.2 Å². The average molecular weight is 385 g/mol. The first-order valence-electron chi connectivity index (χ1n) is 9.93. The Morgan fingerprint density at radius 3 is 2.71 bits per heavy atom. The Balaban J connectivity index is 2.06. The molecule has 1 saturated carbocycles. The molecule has 0 bridgehead atoms. The lowest BCUT2D eigenvalue weighted by Crippen LogP contribution is -2.44. The van der Waals surface area contributed by atoms with Crippen LogP contribution >= 0.6 is 0 Å². The summed E-state index contributed by atoms with van der Waals surface area (Å²) in [6.07, 6.45) is 6.34. The first-order chi connectivity index (χ1) is 13.5. The molecule has 3 N–H and O–H groups in total. The highest BCUT2D eigenvalue weighted by Gasteiger charge is 2.43. The maximum Gasteiger partial charge on any atom is 0.341 e. The Labute approximate surface area is 163 Å². The summed E-state index contributed by atoms with van der Waals surface area (Å²) in [6, 6.07) is 3.91. The fraction of sp³-hybridized carbons (Fsp3) is 0.524. The van der Waals surface area contributed by atoms with Gasteiger partial charge in [-0.1, -0.05) is 13.0 Å². The molecule has 2 aromatic rings. The normalized spacial score (nSPS) is 22.7. The summed E-state index contributed by atoms with van der Waals surface area (Å²) in [5, 5.41) is 9.89. The van der Waals surface area contributed by atoms with Crippen LogP contribution in [0, 0.1) is 0 Å². The van der Waals surface area contributed by atoms with Crippen molar-refractivity contribution in [2.45, 2.75) is 50.6 Å². The van der Waals surface area contributed by atoms with Crippen molar-refractivity contribution < 1.29 is 14.6 Å². The first-order valence-corrected chi connectivity index (χ1v) is 9.93. The zero-order chi connectivity index (χ0) is 20.1. The molecule has 1 aliphatic heterocycles. The molecule has 1 aromatic carbocycles. The topological polar surface area (TPSA) is 97.8 Å². The third-order valence-electron chi connectivity index (χ3n) is 6.45. The number of carbonyl (C=O) groups is 1. The molecule has 1 aromatic heterocycles. The number of hydrogen-bond acceptors (Lipinski definition) is 5. The number of nitrogens with zero attached hydrogens (tertiary/aromatic N) is 2. The Morgan fingerprint density at radius 2 is 2.14 bits per heavy atom. The van der Waals surface area contributed by atoms with E-state index in [-0.39, 0.29) is 17.1 Å². The largest absolute Gasteiger partial charge is 0.494 e. The van der Waals surface area contributed by atoms with E-state index >= 15 is 0 Å². The summed E-state index contributed by atoms with van der Waals surface area (Å²) >= 11 is 0. The van der Waals surface area contributed by atoms with Gasteiger partial charge in [0.2, 0.25) is 5.43 Å². The van der Waals surface area contributed by atoms with Gasteiger partial charge in [0.1, 0.15) is 11.3 Å². The molecular formula is C21H27N3O4. The number of benzene rings is 1. The predicted molar refractivity (Wildman–Crippen MR) is 107 cm³/mol. The van der Waals surface area contributed by atoms with Crippen molar-refractivity contribution in [1.29, 1.82) is 0 Å². The smallest absolute Gasteiger partial charge is 0.341 e. The van der Waals surface area contributed by atoms with Crippen LogP contribution in [0.2, 0.25) is 0 Å². The molecule has 7 heteroatoms. The van der Waals surface area contributed by atoms with Crippen LogP contribution in [0.25, 0.3) is 10.9 Å². The summed E-state index contributed by atoms with van der Waals surface area (Å²) < 4.78 is 7.83. The Kier molecular flexibility index (Phi) is 4.67. The van der Waals surface area contributed by atoms with E-state index in [9.17, 15) is 14.7 Å². The molecule has 0 spiro atoms. The van der Waals surface area contributed by atoms with Crippen molar-refractivity contribution in [1.82, 2.24) is 9.47 Å². The van der Waals surface area contributed by atoms with Gasteiger partial charge in [-0.25, -0.2) is 4.79 Å². The van der Waals surface area contributed by atoms with Gasteiger partial charge < -0.3 is 20.1 Å². The summed E-state index contributed by atoms with van der Waals surface area (Å²) in [5.74, 6) is -0.528. The minimum Gasteiger partial charge on any atom is -0.494 e. The Morgan fingerprint density at radius 1 is 1.39 bits per heavy atom. The van der Waals surface area contributed by atoms with Crippen LogP contribution in [-0.2, 0) is 5.54 Å². The van der Waals surface area contributed by atoms with Gasteiger partial charge in [-0.15, -0.1) is 0 Å². The van der Waals surface area contributed by atoms with Gasteiger partial charge in [-0.05, 0) is 38.2 Å². The number of rotatable bonds is 6. The highest BCUT2D eigenvalue weighted by molar-refractivity contribution is 5.95. The fourth-order valence-electron chi connectivity index (χ4n) is 4.88. The van der Waals surface area contributed by atoms with Crippen molar-refractivity contribution in [2.75, 3.05) is 20.3 Å². The highest BCUT2D eigenvalue weighted by Crippen LogP contribution is 2.48. The van der Waals surface area contributed by atoms with Crippen molar-refractivity contribution in [2.24, 2.45) is 5.73 Å². The van der Waals surface area contributed by atoms with Gasteiger partial charge in [0.15, 0.2) is 0 Å². The molecule has 150 valence electrons. The van der Waals surface area contributed by atoms with E-state index in [2.05, 4.69) is 11.8 Å². The van der Waals surface area contributed by atoms with E-state index in [4.69, 9.17) is 10.5 Å². The number of carboxylic acids is 1. The van der Waals surface area contributed by atoms with E-state index in [1.165, 1.54) is 6.20 Å². The molecule has 4 rings (SSSR count). The van der Waals surface area contributed by atoms with Crippen molar-refractivity contribution in [3.63, 3.8) is 0 Å². The van der Waals surface area contributed by atoms with Gasteiger partial charge in [-0.3, -0.25) is 9.69 Å². The maximum absolute atomic E-state index is 12.9. The number of ether oxygens (including phenoxy) is 1. The van der Waals surface area contributed by atoms with Gasteiger partial charge in [0.05, 0.1) is 23.6 Å². The van der Waals surface area contributed by atoms with Crippen LogP contribution in [0.1, 0.15) is 61.0 Å². The third-order valence-corrected chi connectivity index (χ3v) is 6.45. The molecule has 1 aliphatic carbocycles. The molecule has 0 amide bonds. The minimum absolute atomic E-state index is 0.191. The van der Waals surface area contributed by atoms with Crippen molar-refractivity contribution in [3.8, 4) is 5.75 Å². The number of likely N-dealkylation sites (tertiary alicyclic amines) is 1. The highest BCUT2D eigenvalue weighted by atomic mass is 16.5. The lowest BCUT2D eigenvalue weighted by Gasteiger charge is -2.39. The summed E-state index contributed by atoms with van der Waals surface area (Å²) in [7, 11) is 1.62. The molecule has 7 nitrogen and oxygen atoms in total. The van der Waals surface area contributed by atoms with Crippen LogP contribution in [0.5, 0.6) is 5.75 Å². The minimum atomic E-state index is -1.19. The van der Waals surface area contributed by atoms with Crippen molar-refractivity contribution >= 4 is 16.9 Å². The zero-order valence-corrected chi connectivity index (χ0v) is 16.4. The van der Waals surface area contributed by atoms with E-state index in [0.717, 1.165) is 44.2 Å². The lowest BCUT2D eigenvalue weighted by atomic mass is 9.83. The number of aromatic nitrogens is 1. The molecule has 1 atom stereocenters. The molecule has 2 aliphatic rings. The van der Waals surface area contributed by atoms with E-state index < -0.39 is 11.4 Å². The molecule has 28 heavy (non-hydrogen) atoms. The predicted octanol–water partition coefficient (Wildman–Crippen LogP) is 2.66. The van der Waals surface area contributed by atoms with E-state index in [0.29, 0.717) is 23.3 Å². The quantitative estimate of drug-likeness (QED) is 0.793. The summed E-state index contributed by atoms with van der Waals surface area (Å²) in [5.41, 5.74) is 6.91. The number of hydrogen-bond donors (Lipinski definition) is 2. The second-order valence-corrected chi connectivity index (χ2v) is 7.79. The van der Waals surface area contributed by atoms with Crippen LogP contribution in [-0.4, -0.2) is 40.9 Å². The second kappa shape index (κ2) is 6.90. The average Bonchev–Trinajstić information content (AvgIpc) is 3.45. The second-order valence-electron chi connectivity index (χ2n) is 7.79. The van der Waals surface area contributed by atoms with Gasteiger partial charge in [0.25, 0.3) is 0 Å². The van der Waals surface area contributed by atoms with Crippen molar-refractivity contribution in [3.05, 3.63) is 39.7 Å². The fourth-order valence-corrected chi connectivity index (χ4v) is 4.88. The monoisotopic (exact) mass is 385 g/mol. The first kappa shape index (κ1) is 19.0. The molecule has 2 fully saturated rings. The number of nitrogens with two attached hydrogens (primary N) is 1. The van der Waals surface area contributed by atoms with Crippen LogP contribution in [0.4, 0.5) is 0 Å². The number of carboxylic acid groups (broad SMARTS) is 1. The standard InChI is InChI=1S/C21H27N3O4/c1-3-21(9-4-10-23(21)12-22)16-8-7-14-17(19(16)28-2)24(13-5-6-13)11-15(18(14)25)20(26)27/h7-8,11,13H,3-6,9-10,12,22H2,1-2H3,(H,26,27). The van der Waals surface area contributed by atoms with Gasteiger partial charge >= 0.3 is 5.97 Å². The van der Waals surface area contributed by atoms with E-state index in [1.807, 2.05) is 10.6 Å². The van der Waals surface area contributed by atoms with Gasteiger partial charge in [0, 0.05) is 31.0 Å². The Bertz CT molecular complexity index is 995.